The van der Waals surface area contributed by atoms with Crippen molar-refractivity contribution < 1.29 is 0 Å². The van der Waals surface area contributed by atoms with Crippen LogP contribution in [-0.4, -0.2) is 0 Å². The van der Waals surface area contributed by atoms with Crippen molar-refractivity contribution in [3.8, 4) is 0 Å². The van der Waals surface area contributed by atoms with Gasteiger partial charge in [-0.1, -0.05) is 31.2 Å². The molecule has 9 bridgehead atoms. The van der Waals surface area contributed by atoms with Crippen LogP contribution < -0.4 is 0 Å². The van der Waals surface area contributed by atoms with Gasteiger partial charge in [-0.2, -0.15) is 0 Å². The van der Waals surface area contributed by atoms with Crippen molar-refractivity contribution in [1.82, 2.24) is 0 Å². The van der Waals surface area contributed by atoms with Crippen molar-refractivity contribution in [2.45, 2.75) is 58.3 Å². The second-order valence-electron chi connectivity index (χ2n) is 10.3. The Labute approximate surface area is 141 Å². The third kappa shape index (κ3) is 1.69. The first-order valence-electron chi connectivity index (χ1n) is 10.6. The fourth-order valence-electron chi connectivity index (χ4n) is 8.81. The Bertz CT molecular complexity index is 571. The predicted molar refractivity (Wildman–Crippen MR) is 94.7 cm³/mol. The van der Waals surface area contributed by atoms with E-state index in [1.165, 1.54) is 43.4 Å². The average Bonchev–Trinajstić information content (AvgIpc) is 3.31. The van der Waals surface area contributed by atoms with Gasteiger partial charge in [-0.3, -0.25) is 0 Å². The zero-order valence-corrected chi connectivity index (χ0v) is 14.7. The molecule has 0 radical (unpaired) electrons. The molecule has 0 aromatic carbocycles. The predicted octanol–water partition coefficient (Wildman–Crippen LogP) is 5.85. The summed E-state index contributed by atoms with van der Waals surface area (Å²) >= 11 is 0. The molecule has 124 valence electrons. The summed E-state index contributed by atoms with van der Waals surface area (Å²) in [5.74, 6) is 9.61. The molecular formula is C23H32. The van der Waals surface area contributed by atoms with Crippen molar-refractivity contribution in [2.24, 2.45) is 58.7 Å². The van der Waals surface area contributed by atoms with E-state index >= 15 is 0 Å². The lowest BCUT2D eigenvalue weighted by molar-refractivity contribution is -0.130. The van der Waals surface area contributed by atoms with Gasteiger partial charge in [-0.15, -0.1) is 0 Å². The van der Waals surface area contributed by atoms with Crippen molar-refractivity contribution >= 4 is 0 Å². The molecule has 23 heavy (non-hydrogen) atoms. The second-order valence-corrected chi connectivity index (χ2v) is 10.3. The van der Waals surface area contributed by atoms with Crippen molar-refractivity contribution in [3.05, 3.63) is 24.3 Å². The molecule has 0 aliphatic heterocycles. The Hall–Kier alpha value is -0.520. The smallest absolute Gasteiger partial charge is 0.0191 e. The highest BCUT2D eigenvalue weighted by Crippen LogP contribution is 2.80. The van der Waals surface area contributed by atoms with Gasteiger partial charge in [0.15, 0.2) is 0 Å². The van der Waals surface area contributed by atoms with E-state index < -0.39 is 0 Å². The molecule has 0 saturated heterocycles. The fourth-order valence-corrected chi connectivity index (χ4v) is 8.81. The fraction of sp³-hybridized carbons (Fsp3) is 0.826. The Morgan fingerprint density at radius 2 is 1.65 bits per heavy atom. The van der Waals surface area contributed by atoms with Gasteiger partial charge in [0.25, 0.3) is 0 Å². The number of hydrogen-bond acceptors (Lipinski definition) is 0. The largest absolute Gasteiger partial charge is 0.0851 e. The Kier molecular flexibility index (Phi) is 2.72. The summed E-state index contributed by atoms with van der Waals surface area (Å²) in [7, 11) is 0. The summed E-state index contributed by atoms with van der Waals surface area (Å²) in [6.07, 6.45) is 22.4. The Morgan fingerprint density at radius 1 is 0.826 bits per heavy atom. The lowest BCUT2D eigenvalue weighted by Crippen LogP contribution is -2.56. The zero-order chi connectivity index (χ0) is 15.2. The van der Waals surface area contributed by atoms with Crippen LogP contribution in [0.5, 0.6) is 0 Å². The highest BCUT2D eigenvalue weighted by atomic mass is 14.8. The molecule has 0 aromatic rings. The van der Waals surface area contributed by atoms with Gasteiger partial charge in [0.05, 0.1) is 0 Å². The molecule has 0 N–H and O–H groups in total. The van der Waals surface area contributed by atoms with E-state index in [1.807, 2.05) is 0 Å². The maximum Gasteiger partial charge on any atom is -0.0191 e. The van der Waals surface area contributed by atoms with Crippen LogP contribution >= 0.6 is 0 Å². The van der Waals surface area contributed by atoms with E-state index in [9.17, 15) is 0 Å². The molecule has 9 aliphatic carbocycles. The SMILES string of the molecule is C1=CC2CC1CCC1C3C4CCC1(C4)C23.CC1CC2C=CC1C2. The van der Waals surface area contributed by atoms with Gasteiger partial charge >= 0.3 is 0 Å². The van der Waals surface area contributed by atoms with Gasteiger partial charge in [-0.05, 0) is 110 Å². The molecule has 0 nitrogen and oxygen atoms in total. The third-order valence-electron chi connectivity index (χ3n) is 9.57. The highest BCUT2D eigenvalue weighted by Gasteiger charge is 2.74. The van der Waals surface area contributed by atoms with E-state index in [0.29, 0.717) is 0 Å². The van der Waals surface area contributed by atoms with Crippen LogP contribution in [0.3, 0.4) is 0 Å². The zero-order valence-electron chi connectivity index (χ0n) is 14.7. The van der Waals surface area contributed by atoms with Gasteiger partial charge in [0.1, 0.15) is 0 Å². The van der Waals surface area contributed by atoms with Crippen LogP contribution in [0.2, 0.25) is 0 Å². The standard InChI is InChI=1S/C15H20.C8H12/c1-3-10-7-9(1)2-4-12-13-11-5-6-15(12,8-11)14(10)13;1-6-4-7-2-3-8(6)5-7/h1,3,9-14H,2,4-8H2;2-3,6-8H,4-5H2,1H3. The molecule has 0 heterocycles. The topological polar surface area (TPSA) is 0 Å². The van der Waals surface area contributed by atoms with E-state index in [1.54, 1.807) is 25.7 Å². The summed E-state index contributed by atoms with van der Waals surface area (Å²) in [6.45, 7) is 2.37. The second kappa shape index (κ2) is 4.55. The van der Waals surface area contributed by atoms with Crippen molar-refractivity contribution in [2.75, 3.05) is 0 Å². The first-order chi connectivity index (χ1) is 11.2. The Morgan fingerprint density at radius 3 is 2.26 bits per heavy atom. The van der Waals surface area contributed by atoms with E-state index in [2.05, 4.69) is 31.2 Å². The molecular weight excluding hydrogens is 276 g/mol. The molecule has 1 spiro atoms. The minimum atomic E-state index is 0.889. The van der Waals surface area contributed by atoms with Gasteiger partial charge in [-0.25, -0.2) is 0 Å². The molecule has 0 amide bonds. The minimum Gasteiger partial charge on any atom is -0.0851 e. The monoisotopic (exact) mass is 308 g/mol. The van der Waals surface area contributed by atoms with E-state index in [0.717, 1.165) is 40.9 Å². The summed E-state index contributed by atoms with van der Waals surface area (Å²) in [5, 5.41) is 0. The first-order valence-corrected chi connectivity index (χ1v) is 10.6. The van der Waals surface area contributed by atoms with E-state index in [4.69, 9.17) is 0 Å². The quantitative estimate of drug-likeness (QED) is 0.492. The summed E-state index contributed by atoms with van der Waals surface area (Å²) in [6, 6.07) is 0. The molecule has 7 fully saturated rings. The van der Waals surface area contributed by atoms with Crippen molar-refractivity contribution in [3.63, 3.8) is 0 Å². The lowest BCUT2D eigenvalue weighted by Gasteiger charge is -2.61. The van der Waals surface area contributed by atoms with Crippen LogP contribution in [0.15, 0.2) is 24.3 Å². The summed E-state index contributed by atoms with van der Waals surface area (Å²) < 4.78 is 0. The molecule has 9 rings (SSSR count). The van der Waals surface area contributed by atoms with Gasteiger partial charge in [0.2, 0.25) is 0 Å². The molecule has 10 unspecified atom stereocenters. The van der Waals surface area contributed by atoms with Crippen molar-refractivity contribution in [1.29, 1.82) is 0 Å². The van der Waals surface area contributed by atoms with Crippen LogP contribution in [0.4, 0.5) is 0 Å². The van der Waals surface area contributed by atoms with Crippen LogP contribution in [0.1, 0.15) is 58.3 Å². The number of allylic oxidation sites excluding steroid dienone is 4. The molecule has 0 aromatic heterocycles. The average molecular weight is 309 g/mol. The van der Waals surface area contributed by atoms with Crippen LogP contribution in [-0.2, 0) is 0 Å². The lowest BCUT2D eigenvalue weighted by atomic mass is 9.43. The highest BCUT2D eigenvalue weighted by molar-refractivity contribution is 5.26. The number of hydrogen-bond donors (Lipinski definition) is 0. The minimum absolute atomic E-state index is 0.889. The first kappa shape index (κ1) is 13.7. The maximum absolute atomic E-state index is 2.62. The molecule has 0 heteroatoms. The van der Waals surface area contributed by atoms with E-state index in [-0.39, 0.29) is 0 Å². The van der Waals surface area contributed by atoms with Crippen LogP contribution in [0.25, 0.3) is 0 Å². The number of fused-ring (bicyclic) bond motifs is 3. The normalized spacial score (nSPS) is 61.9. The molecule has 10 atom stereocenters. The summed E-state index contributed by atoms with van der Waals surface area (Å²) in [4.78, 5) is 0. The maximum atomic E-state index is 2.62. The van der Waals surface area contributed by atoms with Crippen LogP contribution in [0, 0.1) is 58.7 Å². The molecule has 9 aliphatic rings. The van der Waals surface area contributed by atoms with Gasteiger partial charge < -0.3 is 0 Å². The number of rotatable bonds is 0. The summed E-state index contributed by atoms with van der Waals surface area (Å²) in [5.41, 5.74) is 0.889. The third-order valence-corrected chi connectivity index (χ3v) is 9.57. The van der Waals surface area contributed by atoms with Gasteiger partial charge in [0, 0.05) is 0 Å². The molecule has 7 saturated carbocycles. The Balaban J connectivity index is 0.000000119.